The van der Waals surface area contributed by atoms with Gasteiger partial charge < -0.3 is 20.2 Å². The van der Waals surface area contributed by atoms with E-state index in [0.29, 0.717) is 39.2 Å². The molecule has 0 radical (unpaired) electrons. The number of benzene rings is 2. The fourth-order valence-electron chi connectivity index (χ4n) is 2.54. The van der Waals surface area contributed by atoms with Crippen LogP contribution >= 0.6 is 11.6 Å². The second kappa shape index (κ2) is 9.70. The summed E-state index contributed by atoms with van der Waals surface area (Å²) in [5.74, 6) is 1.29. The highest BCUT2D eigenvalue weighted by Crippen LogP contribution is 2.30. The van der Waals surface area contributed by atoms with E-state index in [0.717, 1.165) is 0 Å². The molecule has 0 aliphatic carbocycles. The summed E-state index contributed by atoms with van der Waals surface area (Å²) in [5.41, 5.74) is 2.03. The van der Waals surface area contributed by atoms with Gasteiger partial charge in [0.15, 0.2) is 0 Å². The van der Waals surface area contributed by atoms with Crippen LogP contribution in [0.5, 0.6) is 5.75 Å². The minimum atomic E-state index is -0.310. The number of aromatic nitrogens is 2. The second-order valence-corrected chi connectivity index (χ2v) is 6.25. The topological polar surface area (TPSA) is 80.7 Å². The van der Waals surface area contributed by atoms with E-state index in [2.05, 4.69) is 25.8 Å². The average molecular weight is 416 g/mol. The van der Waals surface area contributed by atoms with Gasteiger partial charge in [0.25, 0.3) is 0 Å². The third-order valence-corrected chi connectivity index (χ3v) is 4.18. The van der Waals surface area contributed by atoms with Gasteiger partial charge in [-0.2, -0.15) is 0 Å². The standard InChI is InChI=1S/C20H19ClFN5O2/c1-23-19-16(10-26-28-2)20(25-12-24-19)27-15-6-7-18(17(21)9-15)29-11-13-4-3-5-14(22)8-13/h3-10,12H,11H2,1-2H3,(H2,23,24,25,27). The van der Waals surface area contributed by atoms with Gasteiger partial charge in [-0.05, 0) is 35.9 Å². The Labute approximate surface area is 172 Å². The smallest absolute Gasteiger partial charge is 0.144 e. The summed E-state index contributed by atoms with van der Waals surface area (Å²) in [6, 6.07) is 11.5. The van der Waals surface area contributed by atoms with E-state index in [4.69, 9.17) is 21.2 Å². The summed E-state index contributed by atoms with van der Waals surface area (Å²) < 4.78 is 19.0. The van der Waals surface area contributed by atoms with Crippen LogP contribution in [0.4, 0.5) is 21.7 Å². The monoisotopic (exact) mass is 415 g/mol. The lowest BCUT2D eigenvalue weighted by Crippen LogP contribution is -2.05. The first-order valence-corrected chi connectivity index (χ1v) is 9.01. The first-order chi connectivity index (χ1) is 14.1. The van der Waals surface area contributed by atoms with Crippen LogP contribution < -0.4 is 15.4 Å². The lowest BCUT2D eigenvalue weighted by molar-refractivity contribution is 0.215. The van der Waals surface area contributed by atoms with Crippen molar-refractivity contribution in [1.29, 1.82) is 0 Å². The minimum absolute atomic E-state index is 0.208. The minimum Gasteiger partial charge on any atom is -0.487 e. The predicted molar refractivity (Wildman–Crippen MR) is 112 cm³/mol. The number of hydrogen-bond acceptors (Lipinski definition) is 7. The molecular weight excluding hydrogens is 397 g/mol. The van der Waals surface area contributed by atoms with Crippen LogP contribution in [0.1, 0.15) is 11.1 Å². The van der Waals surface area contributed by atoms with Gasteiger partial charge in [-0.15, -0.1) is 0 Å². The third-order valence-electron chi connectivity index (χ3n) is 3.89. The molecule has 0 aliphatic rings. The Morgan fingerprint density at radius 2 is 2.00 bits per heavy atom. The maximum Gasteiger partial charge on any atom is 0.144 e. The molecule has 3 aromatic rings. The molecule has 0 spiro atoms. The zero-order valence-corrected chi connectivity index (χ0v) is 16.6. The van der Waals surface area contributed by atoms with Gasteiger partial charge in [-0.25, -0.2) is 14.4 Å². The van der Waals surface area contributed by atoms with Crippen molar-refractivity contribution in [3.63, 3.8) is 0 Å². The highest BCUT2D eigenvalue weighted by Gasteiger charge is 2.11. The van der Waals surface area contributed by atoms with E-state index >= 15 is 0 Å². The van der Waals surface area contributed by atoms with E-state index in [1.54, 1.807) is 37.4 Å². The van der Waals surface area contributed by atoms with Crippen molar-refractivity contribution in [3.8, 4) is 5.75 Å². The Kier molecular flexibility index (Phi) is 6.80. The summed E-state index contributed by atoms with van der Waals surface area (Å²) in [6.07, 6.45) is 2.93. The van der Waals surface area contributed by atoms with Gasteiger partial charge in [0, 0.05) is 12.7 Å². The van der Waals surface area contributed by atoms with Gasteiger partial charge in [0.05, 0.1) is 16.8 Å². The van der Waals surface area contributed by atoms with Gasteiger partial charge >= 0.3 is 0 Å². The van der Waals surface area contributed by atoms with E-state index in [1.165, 1.54) is 31.8 Å². The van der Waals surface area contributed by atoms with Crippen LogP contribution in [0.2, 0.25) is 5.02 Å². The molecule has 150 valence electrons. The molecule has 0 saturated heterocycles. The molecule has 0 bridgehead atoms. The Balaban J connectivity index is 1.76. The molecule has 9 heteroatoms. The average Bonchev–Trinajstić information content (AvgIpc) is 2.72. The fourth-order valence-corrected chi connectivity index (χ4v) is 2.78. The van der Waals surface area contributed by atoms with Crippen molar-refractivity contribution < 1.29 is 14.0 Å². The Morgan fingerprint density at radius 3 is 2.72 bits per heavy atom. The number of halogens is 2. The first-order valence-electron chi connectivity index (χ1n) is 8.64. The van der Waals surface area contributed by atoms with Crippen LogP contribution in [0.3, 0.4) is 0 Å². The van der Waals surface area contributed by atoms with Crippen molar-refractivity contribution in [2.45, 2.75) is 6.61 Å². The number of oxime groups is 1. The van der Waals surface area contributed by atoms with E-state index < -0.39 is 0 Å². The lowest BCUT2D eigenvalue weighted by atomic mass is 10.2. The van der Waals surface area contributed by atoms with Gasteiger partial charge in [-0.1, -0.05) is 28.9 Å². The lowest BCUT2D eigenvalue weighted by Gasteiger charge is -2.13. The van der Waals surface area contributed by atoms with Crippen molar-refractivity contribution in [3.05, 3.63) is 70.8 Å². The van der Waals surface area contributed by atoms with Crippen molar-refractivity contribution in [2.24, 2.45) is 5.16 Å². The molecule has 29 heavy (non-hydrogen) atoms. The molecular formula is C20H19ClFN5O2. The van der Waals surface area contributed by atoms with Crippen LogP contribution in [0, 0.1) is 5.82 Å². The molecule has 0 unspecified atom stereocenters. The molecule has 0 aliphatic heterocycles. The molecule has 0 amide bonds. The number of hydrogen-bond donors (Lipinski definition) is 2. The molecule has 7 nitrogen and oxygen atoms in total. The molecule has 1 aromatic heterocycles. The highest BCUT2D eigenvalue weighted by atomic mass is 35.5. The normalized spacial score (nSPS) is 10.8. The Bertz CT molecular complexity index is 1020. The Morgan fingerprint density at radius 1 is 1.17 bits per heavy atom. The van der Waals surface area contributed by atoms with E-state index in [-0.39, 0.29) is 12.4 Å². The van der Waals surface area contributed by atoms with Gasteiger partial charge in [-0.3, -0.25) is 0 Å². The summed E-state index contributed by atoms with van der Waals surface area (Å²) in [4.78, 5) is 13.2. The zero-order valence-electron chi connectivity index (χ0n) is 15.8. The van der Waals surface area contributed by atoms with Crippen molar-refractivity contribution in [2.75, 3.05) is 24.8 Å². The van der Waals surface area contributed by atoms with E-state index in [9.17, 15) is 4.39 Å². The first kappa shape index (κ1) is 20.3. The van der Waals surface area contributed by atoms with Crippen LogP contribution in [0.25, 0.3) is 0 Å². The maximum atomic E-state index is 13.3. The predicted octanol–water partition coefficient (Wildman–Crippen LogP) is 4.61. The van der Waals surface area contributed by atoms with Crippen LogP contribution in [-0.2, 0) is 11.4 Å². The van der Waals surface area contributed by atoms with Crippen LogP contribution in [0.15, 0.2) is 53.9 Å². The molecule has 2 N–H and O–H groups in total. The summed E-state index contributed by atoms with van der Waals surface area (Å²) >= 11 is 6.34. The summed E-state index contributed by atoms with van der Waals surface area (Å²) in [6.45, 7) is 0.208. The number of nitrogens with zero attached hydrogens (tertiary/aromatic N) is 3. The number of ether oxygens (including phenoxy) is 1. The molecule has 2 aromatic carbocycles. The quantitative estimate of drug-likeness (QED) is 0.413. The molecule has 3 rings (SSSR count). The third kappa shape index (κ3) is 5.32. The second-order valence-electron chi connectivity index (χ2n) is 5.84. The number of rotatable bonds is 8. The Hall–Kier alpha value is -3.39. The van der Waals surface area contributed by atoms with Crippen molar-refractivity contribution in [1.82, 2.24) is 9.97 Å². The molecule has 0 atom stereocenters. The largest absolute Gasteiger partial charge is 0.487 e. The summed E-state index contributed by atoms with van der Waals surface area (Å²) in [7, 11) is 3.20. The van der Waals surface area contributed by atoms with E-state index in [1.807, 2.05) is 0 Å². The SMILES string of the molecule is CNc1ncnc(Nc2ccc(OCc3cccc(F)c3)c(Cl)c2)c1C=NOC. The molecule has 0 saturated carbocycles. The van der Waals surface area contributed by atoms with Crippen LogP contribution in [-0.4, -0.2) is 30.3 Å². The maximum absolute atomic E-state index is 13.3. The fraction of sp³-hybridized carbons (Fsp3) is 0.150. The highest BCUT2D eigenvalue weighted by molar-refractivity contribution is 6.32. The zero-order chi connectivity index (χ0) is 20.6. The van der Waals surface area contributed by atoms with Crippen molar-refractivity contribution >= 4 is 35.1 Å². The van der Waals surface area contributed by atoms with Gasteiger partial charge in [0.2, 0.25) is 0 Å². The summed E-state index contributed by atoms with van der Waals surface area (Å²) in [5, 5.41) is 10.3. The molecule has 1 heterocycles. The number of anilines is 3. The van der Waals surface area contributed by atoms with Gasteiger partial charge in [0.1, 0.15) is 43.2 Å². The molecule has 0 fully saturated rings. The number of nitrogens with one attached hydrogen (secondary N) is 2.